The smallest absolute Gasteiger partial charge is 0.0850 e. The molecule has 0 unspecified atom stereocenters. The van der Waals surface area contributed by atoms with E-state index >= 15 is 0 Å². The Bertz CT molecular complexity index is 737. The fourth-order valence-electron chi connectivity index (χ4n) is 2.38. The standard InChI is InChI=1S/C18H15BrOS2/c19-16-10-8-15(9-11-16)18(14-5-2-1-3-6-14)22(20)13-17-7-4-12-21-17/h1-12,18H,13H2/t18-,22-/m1/s1. The third-order valence-electron chi connectivity index (χ3n) is 3.40. The summed E-state index contributed by atoms with van der Waals surface area (Å²) in [4.78, 5) is 1.16. The van der Waals surface area contributed by atoms with Crippen molar-refractivity contribution in [2.24, 2.45) is 0 Å². The van der Waals surface area contributed by atoms with E-state index in [0.717, 1.165) is 20.5 Å². The molecule has 3 rings (SSSR count). The number of benzene rings is 2. The van der Waals surface area contributed by atoms with Gasteiger partial charge in [-0.3, -0.25) is 4.21 Å². The number of thiophene rings is 1. The summed E-state index contributed by atoms with van der Waals surface area (Å²) < 4.78 is 14.0. The van der Waals surface area contributed by atoms with E-state index < -0.39 is 10.8 Å². The van der Waals surface area contributed by atoms with Gasteiger partial charge in [0.25, 0.3) is 0 Å². The molecule has 0 N–H and O–H groups in total. The average Bonchev–Trinajstić information content (AvgIpc) is 3.03. The zero-order chi connectivity index (χ0) is 15.4. The van der Waals surface area contributed by atoms with Crippen LogP contribution in [0.3, 0.4) is 0 Å². The molecule has 0 spiro atoms. The highest BCUT2D eigenvalue weighted by Gasteiger charge is 2.21. The topological polar surface area (TPSA) is 17.1 Å². The summed E-state index contributed by atoms with van der Waals surface area (Å²) >= 11 is 5.12. The van der Waals surface area contributed by atoms with E-state index in [1.807, 2.05) is 60.0 Å². The molecule has 0 bridgehead atoms. The average molecular weight is 391 g/mol. The van der Waals surface area contributed by atoms with E-state index in [-0.39, 0.29) is 5.25 Å². The molecule has 0 aliphatic carbocycles. The highest BCUT2D eigenvalue weighted by Crippen LogP contribution is 2.31. The Hall–Kier alpha value is -1.23. The van der Waals surface area contributed by atoms with E-state index in [0.29, 0.717) is 5.75 Å². The van der Waals surface area contributed by atoms with Gasteiger partial charge in [-0.05, 0) is 34.7 Å². The van der Waals surface area contributed by atoms with Crippen LogP contribution in [0.1, 0.15) is 21.3 Å². The van der Waals surface area contributed by atoms with Crippen LogP contribution in [0.15, 0.2) is 76.6 Å². The van der Waals surface area contributed by atoms with Crippen molar-refractivity contribution in [3.8, 4) is 0 Å². The molecule has 2 aromatic carbocycles. The van der Waals surface area contributed by atoms with Gasteiger partial charge in [-0.15, -0.1) is 11.3 Å². The van der Waals surface area contributed by atoms with Gasteiger partial charge in [0.2, 0.25) is 0 Å². The van der Waals surface area contributed by atoms with Crippen molar-refractivity contribution < 1.29 is 4.21 Å². The van der Waals surface area contributed by atoms with Gasteiger partial charge >= 0.3 is 0 Å². The van der Waals surface area contributed by atoms with Gasteiger partial charge in [0, 0.05) is 20.1 Å². The Labute approximate surface area is 145 Å². The molecule has 4 heteroatoms. The maximum absolute atomic E-state index is 13.0. The SMILES string of the molecule is O=[S@](Cc1cccs1)[C@H](c1ccccc1)c1ccc(Br)cc1. The predicted octanol–water partition coefficient (Wildman–Crippen LogP) is 5.55. The number of halogens is 1. The molecule has 3 aromatic rings. The fourth-order valence-corrected chi connectivity index (χ4v) is 5.22. The molecule has 1 nitrogen and oxygen atoms in total. The third-order valence-corrected chi connectivity index (χ3v) is 6.66. The van der Waals surface area contributed by atoms with Crippen molar-refractivity contribution in [1.82, 2.24) is 0 Å². The summed E-state index contributed by atoms with van der Waals surface area (Å²) in [6.45, 7) is 0. The Morgan fingerprint density at radius 3 is 2.23 bits per heavy atom. The molecule has 1 aromatic heterocycles. The zero-order valence-corrected chi connectivity index (χ0v) is 15.0. The van der Waals surface area contributed by atoms with Crippen LogP contribution < -0.4 is 0 Å². The van der Waals surface area contributed by atoms with Crippen molar-refractivity contribution in [3.63, 3.8) is 0 Å². The molecule has 0 amide bonds. The molecule has 0 aliphatic heterocycles. The molecule has 0 aliphatic rings. The molecule has 1 heterocycles. The van der Waals surface area contributed by atoms with Gasteiger partial charge in [0.15, 0.2) is 0 Å². The number of rotatable bonds is 5. The molecule has 112 valence electrons. The monoisotopic (exact) mass is 390 g/mol. The van der Waals surface area contributed by atoms with E-state index in [4.69, 9.17) is 0 Å². The molecule has 22 heavy (non-hydrogen) atoms. The van der Waals surface area contributed by atoms with Crippen LogP contribution in [0.4, 0.5) is 0 Å². The fraction of sp³-hybridized carbons (Fsp3) is 0.111. The van der Waals surface area contributed by atoms with Gasteiger partial charge in [-0.1, -0.05) is 64.5 Å². The summed E-state index contributed by atoms with van der Waals surface area (Å²) in [6.07, 6.45) is 0. The minimum Gasteiger partial charge on any atom is -0.258 e. The first-order valence-electron chi connectivity index (χ1n) is 6.94. The second-order valence-electron chi connectivity index (χ2n) is 4.95. The van der Waals surface area contributed by atoms with E-state index in [2.05, 4.69) is 28.1 Å². The lowest BCUT2D eigenvalue weighted by atomic mass is 10.0. The summed E-state index contributed by atoms with van der Waals surface area (Å²) in [5, 5.41) is 1.93. The van der Waals surface area contributed by atoms with Gasteiger partial charge in [-0.2, -0.15) is 0 Å². The molecule has 0 saturated carbocycles. The summed E-state index contributed by atoms with van der Waals surface area (Å²) in [5.74, 6) is 0.591. The minimum absolute atomic E-state index is 0.101. The van der Waals surface area contributed by atoms with Crippen LogP contribution in [0.2, 0.25) is 0 Å². The first-order chi connectivity index (χ1) is 10.7. The first kappa shape index (κ1) is 15.7. The number of hydrogen-bond donors (Lipinski definition) is 0. The van der Waals surface area contributed by atoms with Crippen LogP contribution >= 0.6 is 27.3 Å². The second-order valence-corrected chi connectivity index (χ2v) is 8.42. The molecular formula is C18H15BrOS2. The normalized spacial score (nSPS) is 13.7. The summed E-state index contributed by atoms with van der Waals surface area (Å²) in [5.41, 5.74) is 2.18. The minimum atomic E-state index is -1.00. The maximum Gasteiger partial charge on any atom is 0.0850 e. The lowest BCUT2D eigenvalue weighted by Crippen LogP contribution is -2.10. The Balaban J connectivity index is 1.95. The van der Waals surface area contributed by atoms with Crippen LogP contribution in [0.5, 0.6) is 0 Å². The van der Waals surface area contributed by atoms with Crippen LogP contribution in [0, 0.1) is 0 Å². The van der Waals surface area contributed by atoms with Gasteiger partial charge in [-0.25, -0.2) is 0 Å². The maximum atomic E-state index is 13.0. The highest BCUT2D eigenvalue weighted by molar-refractivity contribution is 9.10. The number of hydrogen-bond acceptors (Lipinski definition) is 2. The van der Waals surface area contributed by atoms with Crippen molar-refractivity contribution in [2.75, 3.05) is 0 Å². The molecule has 2 atom stereocenters. The second kappa shape index (κ2) is 7.36. The first-order valence-corrected chi connectivity index (χ1v) is 9.99. The largest absolute Gasteiger partial charge is 0.258 e. The van der Waals surface area contributed by atoms with Crippen LogP contribution in [-0.2, 0) is 16.6 Å². The van der Waals surface area contributed by atoms with Crippen molar-refractivity contribution in [2.45, 2.75) is 11.0 Å². The quantitative estimate of drug-likeness (QED) is 0.557. The van der Waals surface area contributed by atoms with Crippen molar-refractivity contribution in [1.29, 1.82) is 0 Å². The van der Waals surface area contributed by atoms with E-state index in [9.17, 15) is 4.21 Å². The van der Waals surface area contributed by atoms with E-state index in [1.165, 1.54) is 0 Å². The van der Waals surface area contributed by atoms with Crippen molar-refractivity contribution in [3.05, 3.63) is 92.6 Å². The Morgan fingerprint density at radius 1 is 0.909 bits per heavy atom. The molecule has 0 saturated heterocycles. The Morgan fingerprint density at radius 2 is 1.59 bits per heavy atom. The van der Waals surface area contributed by atoms with Gasteiger partial charge in [0.1, 0.15) is 0 Å². The third kappa shape index (κ3) is 3.75. The predicted molar refractivity (Wildman–Crippen MR) is 98.6 cm³/mol. The highest BCUT2D eigenvalue weighted by atomic mass is 79.9. The molecule has 0 fully saturated rings. The lowest BCUT2D eigenvalue weighted by molar-refractivity contribution is 0.678. The van der Waals surface area contributed by atoms with Crippen LogP contribution in [-0.4, -0.2) is 4.21 Å². The molecule has 0 radical (unpaired) electrons. The van der Waals surface area contributed by atoms with Crippen molar-refractivity contribution >= 4 is 38.1 Å². The van der Waals surface area contributed by atoms with Crippen LogP contribution in [0.25, 0.3) is 0 Å². The van der Waals surface area contributed by atoms with E-state index in [1.54, 1.807) is 11.3 Å². The Kier molecular flexibility index (Phi) is 5.24. The summed E-state index contributed by atoms with van der Waals surface area (Å²) in [6, 6.07) is 22.3. The lowest BCUT2D eigenvalue weighted by Gasteiger charge is -2.17. The van der Waals surface area contributed by atoms with Gasteiger partial charge in [0.05, 0.1) is 11.0 Å². The zero-order valence-electron chi connectivity index (χ0n) is 11.8. The summed E-state index contributed by atoms with van der Waals surface area (Å²) in [7, 11) is -1.00. The van der Waals surface area contributed by atoms with Gasteiger partial charge < -0.3 is 0 Å². The molecular weight excluding hydrogens is 376 g/mol.